The van der Waals surface area contributed by atoms with E-state index in [-0.39, 0.29) is 5.92 Å². The van der Waals surface area contributed by atoms with Crippen molar-refractivity contribution < 1.29 is 10.2 Å². The topological polar surface area (TPSA) is 89.7 Å². The third kappa shape index (κ3) is 4.42. The second-order valence-electron chi connectivity index (χ2n) is 8.85. The number of imidazole rings is 1. The number of rotatable bonds is 5. The van der Waals surface area contributed by atoms with E-state index in [0.29, 0.717) is 11.8 Å². The van der Waals surface area contributed by atoms with E-state index < -0.39 is 0 Å². The average molecular weight is 409 g/mol. The number of nitrogens with two attached hydrogens (primary N) is 2. The van der Waals surface area contributed by atoms with Gasteiger partial charge in [0.15, 0.2) is 6.21 Å². The molecule has 1 saturated heterocycles. The molecule has 1 amide bonds. The summed E-state index contributed by atoms with van der Waals surface area (Å²) < 4.78 is 2.25. The van der Waals surface area contributed by atoms with E-state index in [0.717, 1.165) is 73.9 Å². The van der Waals surface area contributed by atoms with Crippen molar-refractivity contribution in [3.8, 4) is 0 Å². The van der Waals surface area contributed by atoms with Crippen LogP contribution in [0.5, 0.6) is 0 Å². The van der Waals surface area contributed by atoms with Crippen LogP contribution in [0.4, 0.5) is 0 Å². The molecule has 1 saturated carbocycles. The summed E-state index contributed by atoms with van der Waals surface area (Å²) in [6.45, 7) is 2.77. The van der Waals surface area contributed by atoms with Crippen molar-refractivity contribution in [2.75, 3.05) is 13.1 Å². The second kappa shape index (κ2) is 9.45. The molecule has 2 aromatic rings. The Morgan fingerprint density at radius 3 is 2.73 bits per heavy atom. The lowest BCUT2D eigenvalue weighted by atomic mass is 9.88. The summed E-state index contributed by atoms with van der Waals surface area (Å²) in [6.07, 6.45) is 14.2. The Morgan fingerprint density at radius 2 is 1.97 bits per heavy atom. The van der Waals surface area contributed by atoms with Gasteiger partial charge in [0, 0.05) is 31.8 Å². The molecule has 6 nitrogen and oxygen atoms in total. The molecular formula is C24H34N5O+. The van der Waals surface area contributed by atoms with Crippen LogP contribution in [0.25, 0.3) is 16.6 Å². The number of allylic oxidation sites excluding steroid dienone is 1. The lowest BCUT2D eigenvalue weighted by molar-refractivity contribution is -0.136. The highest BCUT2D eigenvalue weighted by Gasteiger charge is 2.28. The molecule has 1 aliphatic heterocycles. The Bertz CT molecular complexity index is 925. The van der Waals surface area contributed by atoms with E-state index in [4.69, 9.17) is 11.1 Å². The van der Waals surface area contributed by atoms with Gasteiger partial charge in [-0.15, -0.1) is 0 Å². The molecule has 2 heterocycles. The number of hydrogen-bond donors (Lipinski definition) is 2. The molecule has 1 unspecified atom stereocenters. The van der Waals surface area contributed by atoms with Gasteiger partial charge >= 0.3 is 0 Å². The zero-order valence-electron chi connectivity index (χ0n) is 17.8. The van der Waals surface area contributed by atoms with Gasteiger partial charge in [-0.2, -0.15) is 0 Å². The normalized spacial score (nSPS) is 21.5. The van der Waals surface area contributed by atoms with Crippen LogP contribution in [0, 0.1) is 11.8 Å². The van der Waals surface area contributed by atoms with Crippen LogP contribution in [0.15, 0.2) is 30.7 Å². The van der Waals surface area contributed by atoms with Crippen molar-refractivity contribution >= 4 is 28.7 Å². The molecule has 4 rings (SSSR count). The van der Waals surface area contributed by atoms with E-state index in [2.05, 4.69) is 20.5 Å². The standard InChI is InChI=1S/C24H33N5O/c25-14-21(15-26)20-8-9-23-22(13-20)27-17-29(23)16-18-5-4-11-28(12-10-18)24(30)19-6-2-1-3-7-19/h8-9,13-15,17-19,25H,1-7,10-12,16,26H2/p+1/b21-15+,25-14?. The van der Waals surface area contributed by atoms with Crippen molar-refractivity contribution in [3.05, 3.63) is 36.3 Å². The fourth-order valence-electron chi connectivity index (χ4n) is 5.09. The Kier molecular flexibility index (Phi) is 6.50. The minimum absolute atomic E-state index is 0.278. The number of aromatic nitrogens is 2. The highest BCUT2D eigenvalue weighted by molar-refractivity contribution is 6.07. The maximum absolute atomic E-state index is 12.9. The number of fused-ring (bicyclic) bond motifs is 1. The van der Waals surface area contributed by atoms with Gasteiger partial charge in [0.25, 0.3) is 0 Å². The van der Waals surface area contributed by atoms with E-state index in [9.17, 15) is 4.79 Å². The monoisotopic (exact) mass is 408 g/mol. The summed E-state index contributed by atoms with van der Waals surface area (Å²) in [5.41, 5.74) is 9.52. The molecule has 4 N–H and O–H groups in total. The second-order valence-corrected chi connectivity index (χ2v) is 8.85. The molecule has 0 spiro atoms. The third-order valence-electron chi connectivity index (χ3n) is 6.88. The summed E-state index contributed by atoms with van der Waals surface area (Å²) in [5, 5.41) is 5.66. The smallest absolute Gasteiger partial charge is 0.225 e. The van der Waals surface area contributed by atoms with Gasteiger partial charge in [-0.25, -0.2) is 4.98 Å². The number of likely N-dealkylation sites (tertiary alicyclic amines) is 1. The van der Waals surface area contributed by atoms with Crippen molar-refractivity contribution in [2.45, 2.75) is 57.9 Å². The third-order valence-corrected chi connectivity index (χ3v) is 6.88. The Balaban J connectivity index is 1.40. The lowest BCUT2D eigenvalue weighted by Crippen LogP contribution is -2.37. The Labute approximate surface area is 178 Å². The predicted octanol–water partition coefficient (Wildman–Crippen LogP) is 2.37. The quantitative estimate of drug-likeness (QED) is 0.745. The SMILES string of the molecule is N/C=C(\C=[NH2+])c1ccc2c(c1)ncn2CC1CCCN(C(=O)C2CCCCC2)CC1. The molecule has 2 fully saturated rings. The minimum Gasteiger partial charge on any atom is -0.404 e. The van der Waals surface area contributed by atoms with Gasteiger partial charge < -0.3 is 15.2 Å². The van der Waals surface area contributed by atoms with Gasteiger partial charge in [-0.3, -0.25) is 10.2 Å². The number of nitrogens with zero attached hydrogens (tertiary/aromatic N) is 3. The first-order valence-corrected chi connectivity index (χ1v) is 11.4. The summed E-state index contributed by atoms with van der Waals surface area (Å²) in [5.74, 6) is 1.26. The van der Waals surface area contributed by atoms with E-state index in [1.165, 1.54) is 31.7 Å². The molecule has 1 aromatic heterocycles. The first-order chi connectivity index (χ1) is 14.7. The zero-order valence-corrected chi connectivity index (χ0v) is 17.8. The number of amides is 1. The molecule has 1 aromatic carbocycles. The van der Waals surface area contributed by atoms with Crippen molar-refractivity contribution in [2.24, 2.45) is 17.6 Å². The van der Waals surface area contributed by atoms with Crippen LogP contribution in [-0.2, 0) is 11.3 Å². The van der Waals surface area contributed by atoms with Gasteiger partial charge in [-0.1, -0.05) is 25.3 Å². The number of benzene rings is 1. The lowest BCUT2D eigenvalue weighted by Gasteiger charge is -2.28. The zero-order chi connectivity index (χ0) is 20.9. The summed E-state index contributed by atoms with van der Waals surface area (Å²) >= 11 is 0. The molecule has 0 bridgehead atoms. The number of hydrogen-bond acceptors (Lipinski definition) is 3. The van der Waals surface area contributed by atoms with Crippen molar-refractivity contribution in [1.29, 1.82) is 0 Å². The molecule has 0 radical (unpaired) electrons. The Morgan fingerprint density at radius 1 is 1.13 bits per heavy atom. The van der Waals surface area contributed by atoms with Crippen LogP contribution >= 0.6 is 0 Å². The first kappa shape index (κ1) is 20.6. The molecular weight excluding hydrogens is 374 g/mol. The Hall–Kier alpha value is -2.63. The average Bonchev–Trinajstić information content (AvgIpc) is 3.03. The summed E-state index contributed by atoms with van der Waals surface area (Å²) in [6, 6.07) is 6.17. The first-order valence-electron chi connectivity index (χ1n) is 11.4. The van der Waals surface area contributed by atoms with E-state index in [1.54, 1.807) is 0 Å². The predicted molar refractivity (Wildman–Crippen MR) is 120 cm³/mol. The van der Waals surface area contributed by atoms with Crippen LogP contribution in [-0.4, -0.2) is 39.7 Å². The molecule has 1 aliphatic carbocycles. The van der Waals surface area contributed by atoms with Crippen LogP contribution < -0.4 is 11.1 Å². The van der Waals surface area contributed by atoms with Crippen molar-refractivity contribution in [1.82, 2.24) is 14.5 Å². The molecule has 30 heavy (non-hydrogen) atoms. The maximum Gasteiger partial charge on any atom is 0.225 e. The van der Waals surface area contributed by atoms with E-state index in [1.807, 2.05) is 18.5 Å². The van der Waals surface area contributed by atoms with Gasteiger partial charge in [0.05, 0.1) is 22.9 Å². The highest BCUT2D eigenvalue weighted by Crippen LogP contribution is 2.28. The summed E-state index contributed by atoms with van der Waals surface area (Å²) in [4.78, 5) is 19.7. The van der Waals surface area contributed by atoms with Crippen LogP contribution in [0.3, 0.4) is 0 Å². The van der Waals surface area contributed by atoms with Crippen LogP contribution in [0.2, 0.25) is 0 Å². The minimum atomic E-state index is 0.278. The summed E-state index contributed by atoms with van der Waals surface area (Å²) in [7, 11) is 0. The molecule has 160 valence electrons. The largest absolute Gasteiger partial charge is 0.404 e. The van der Waals surface area contributed by atoms with E-state index >= 15 is 0 Å². The molecule has 6 heteroatoms. The molecule has 2 aliphatic rings. The van der Waals surface area contributed by atoms with Gasteiger partial charge in [0.2, 0.25) is 5.91 Å². The fraction of sp³-hybridized carbons (Fsp3) is 0.542. The number of carbonyl (C=O) groups is 1. The molecule has 1 atom stereocenters. The van der Waals surface area contributed by atoms with Gasteiger partial charge in [-0.05, 0) is 55.7 Å². The van der Waals surface area contributed by atoms with Gasteiger partial charge in [0.1, 0.15) is 0 Å². The maximum atomic E-state index is 12.9. The van der Waals surface area contributed by atoms with Crippen molar-refractivity contribution in [3.63, 3.8) is 0 Å². The van der Waals surface area contributed by atoms with Crippen LogP contribution in [0.1, 0.15) is 56.9 Å². The number of carbonyl (C=O) groups excluding carboxylic acids is 1. The highest BCUT2D eigenvalue weighted by atomic mass is 16.2. The fourth-order valence-corrected chi connectivity index (χ4v) is 5.09.